The van der Waals surface area contributed by atoms with E-state index in [1.165, 1.54) is 0 Å². The minimum absolute atomic E-state index is 0.153. The smallest absolute Gasteiger partial charge is 0.229 e. The highest BCUT2D eigenvalue weighted by atomic mass is 79.9. The van der Waals surface area contributed by atoms with Crippen LogP contribution in [0.4, 0.5) is 17.5 Å². The Labute approximate surface area is 142 Å². The summed E-state index contributed by atoms with van der Waals surface area (Å²) in [5.41, 5.74) is 1.79. The molecular weight excluding hydrogens is 356 g/mol. The lowest BCUT2D eigenvalue weighted by Gasteiger charge is -2.11. The van der Waals surface area contributed by atoms with E-state index in [0.29, 0.717) is 18.9 Å². The van der Waals surface area contributed by atoms with Gasteiger partial charge in [-0.25, -0.2) is 4.98 Å². The first-order chi connectivity index (χ1) is 11.3. The van der Waals surface area contributed by atoms with Gasteiger partial charge in [0.15, 0.2) is 0 Å². The third-order valence-electron chi connectivity index (χ3n) is 3.33. The Hall–Kier alpha value is -2.18. The van der Waals surface area contributed by atoms with Crippen molar-refractivity contribution in [3.8, 4) is 0 Å². The van der Waals surface area contributed by atoms with Gasteiger partial charge in [0.05, 0.1) is 5.52 Å². The van der Waals surface area contributed by atoms with Gasteiger partial charge in [-0.2, -0.15) is 4.98 Å². The summed E-state index contributed by atoms with van der Waals surface area (Å²) in [5, 5.41) is 16.4. The third-order valence-corrected chi connectivity index (χ3v) is 3.86. The van der Waals surface area contributed by atoms with E-state index in [9.17, 15) is 0 Å². The molecule has 0 atom stereocenters. The maximum atomic E-state index is 8.94. The number of hydrogen-bond donors (Lipinski definition) is 3. The first-order valence-corrected chi connectivity index (χ1v) is 8.19. The number of nitrogens with one attached hydrogen (secondary N) is 2. The number of anilines is 3. The quantitative estimate of drug-likeness (QED) is 0.571. The Kier molecular flexibility index (Phi) is 5.05. The largest absolute Gasteiger partial charge is 0.396 e. The van der Waals surface area contributed by atoms with Crippen LogP contribution in [0.25, 0.3) is 10.9 Å². The normalized spacial score (nSPS) is 10.7. The highest BCUT2D eigenvalue weighted by molar-refractivity contribution is 9.10. The van der Waals surface area contributed by atoms with Crippen LogP contribution in [-0.2, 0) is 0 Å². The van der Waals surface area contributed by atoms with Crippen LogP contribution >= 0.6 is 15.9 Å². The highest BCUT2D eigenvalue weighted by Gasteiger charge is 2.07. The molecule has 0 fully saturated rings. The number of nitrogens with zero attached hydrogens (tertiary/aromatic N) is 2. The molecule has 6 heteroatoms. The molecule has 0 spiro atoms. The first-order valence-electron chi connectivity index (χ1n) is 7.40. The average molecular weight is 373 g/mol. The number of benzene rings is 2. The van der Waals surface area contributed by atoms with E-state index in [0.717, 1.165) is 26.9 Å². The first kappa shape index (κ1) is 15.7. The topological polar surface area (TPSA) is 70.1 Å². The van der Waals surface area contributed by atoms with E-state index < -0.39 is 0 Å². The Balaban J connectivity index is 1.92. The molecule has 0 aliphatic heterocycles. The van der Waals surface area contributed by atoms with Crippen molar-refractivity contribution in [1.82, 2.24) is 9.97 Å². The number of para-hydroxylation sites is 1. The van der Waals surface area contributed by atoms with Crippen LogP contribution in [0.1, 0.15) is 6.42 Å². The monoisotopic (exact) mass is 372 g/mol. The van der Waals surface area contributed by atoms with Crippen molar-refractivity contribution in [2.75, 3.05) is 23.8 Å². The Morgan fingerprint density at radius 3 is 2.57 bits per heavy atom. The van der Waals surface area contributed by atoms with Gasteiger partial charge in [0, 0.05) is 28.7 Å². The lowest BCUT2D eigenvalue weighted by Crippen LogP contribution is -2.08. The predicted octanol–water partition coefficient (Wildman–Crippen LogP) is 3.93. The van der Waals surface area contributed by atoms with Gasteiger partial charge in [-0.05, 0) is 42.8 Å². The number of rotatable bonds is 6. The second-order valence-corrected chi connectivity index (χ2v) is 5.96. The SMILES string of the molecule is OCCCNc1nc(Nc2ccc(Br)cc2)nc2ccccc12. The molecule has 0 saturated carbocycles. The molecule has 0 radical (unpaired) electrons. The number of aliphatic hydroxyl groups is 1. The number of aromatic nitrogens is 2. The lowest BCUT2D eigenvalue weighted by atomic mass is 10.2. The molecule has 2 aromatic carbocycles. The van der Waals surface area contributed by atoms with Crippen LogP contribution in [0.3, 0.4) is 0 Å². The molecule has 1 aromatic heterocycles. The maximum Gasteiger partial charge on any atom is 0.229 e. The van der Waals surface area contributed by atoms with Crippen LogP contribution in [0.15, 0.2) is 53.0 Å². The van der Waals surface area contributed by atoms with E-state index in [2.05, 4.69) is 36.5 Å². The van der Waals surface area contributed by atoms with E-state index in [1.807, 2.05) is 48.5 Å². The summed E-state index contributed by atoms with van der Waals surface area (Å²) in [4.78, 5) is 9.12. The molecule has 23 heavy (non-hydrogen) atoms. The Morgan fingerprint density at radius 1 is 1.00 bits per heavy atom. The molecular formula is C17H17BrN4O. The van der Waals surface area contributed by atoms with E-state index in [4.69, 9.17) is 5.11 Å². The molecule has 1 heterocycles. The number of aliphatic hydroxyl groups excluding tert-OH is 1. The summed E-state index contributed by atoms with van der Waals surface area (Å²) in [6.45, 7) is 0.815. The summed E-state index contributed by atoms with van der Waals surface area (Å²) in [6.07, 6.45) is 0.674. The van der Waals surface area contributed by atoms with Crippen LogP contribution < -0.4 is 10.6 Å². The molecule has 118 valence electrons. The van der Waals surface area contributed by atoms with Gasteiger partial charge in [-0.15, -0.1) is 0 Å². The predicted molar refractivity (Wildman–Crippen MR) is 97.2 cm³/mol. The molecule has 0 aliphatic rings. The minimum atomic E-state index is 0.153. The number of hydrogen-bond acceptors (Lipinski definition) is 5. The minimum Gasteiger partial charge on any atom is -0.396 e. The zero-order valence-corrected chi connectivity index (χ0v) is 14.0. The fourth-order valence-electron chi connectivity index (χ4n) is 2.22. The summed E-state index contributed by atoms with van der Waals surface area (Å²) >= 11 is 3.42. The van der Waals surface area contributed by atoms with Crippen molar-refractivity contribution >= 4 is 44.3 Å². The summed E-state index contributed by atoms with van der Waals surface area (Å²) in [5.74, 6) is 1.31. The zero-order valence-electron chi connectivity index (χ0n) is 12.5. The van der Waals surface area contributed by atoms with Gasteiger partial charge >= 0.3 is 0 Å². The van der Waals surface area contributed by atoms with Crippen molar-refractivity contribution < 1.29 is 5.11 Å². The number of fused-ring (bicyclic) bond motifs is 1. The van der Waals surface area contributed by atoms with Crippen LogP contribution in [0.5, 0.6) is 0 Å². The summed E-state index contributed by atoms with van der Waals surface area (Å²) in [7, 11) is 0. The van der Waals surface area contributed by atoms with Crippen molar-refractivity contribution in [3.63, 3.8) is 0 Å². The second-order valence-electron chi connectivity index (χ2n) is 5.05. The summed E-state index contributed by atoms with van der Waals surface area (Å²) < 4.78 is 1.02. The average Bonchev–Trinajstić information content (AvgIpc) is 2.57. The van der Waals surface area contributed by atoms with Gasteiger partial charge in [0.2, 0.25) is 5.95 Å². The van der Waals surface area contributed by atoms with Gasteiger partial charge in [0.1, 0.15) is 5.82 Å². The van der Waals surface area contributed by atoms with Gasteiger partial charge in [-0.1, -0.05) is 28.1 Å². The molecule has 0 saturated heterocycles. The fraction of sp³-hybridized carbons (Fsp3) is 0.176. The van der Waals surface area contributed by atoms with Gasteiger partial charge in [-0.3, -0.25) is 0 Å². The van der Waals surface area contributed by atoms with Crippen LogP contribution in [-0.4, -0.2) is 28.2 Å². The lowest BCUT2D eigenvalue weighted by molar-refractivity contribution is 0.292. The summed E-state index contributed by atoms with van der Waals surface area (Å²) in [6, 6.07) is 15.7. The van der Waals surface area contributed by atoms with Crippen molar-refractivity contribution in [1.29, 1.82) is 0 Å². The van der Waals surface area contributed by atoms with Gasteiger partial charge in [0.25, 0.3) is 0 Å². The maximum absolute atomic E-state index is 8.94. The molecule has 5 nitrogen and oxygen atoms in total. The molecule has 0 aliphatic carbocycles. The molecule has 3 aromatic rings. The van der Waals surface area contributed by atoms with Crippen molar-refractivity contribution in [3.05, 3.63) is 53.0 Å². The Bertz CT molecular complexity index is 792. The number of halogens is 1. The highest BCUT2D eigenvalue weighted by Crippen LogP contribution is 2.24. The van der Waals surface area contributed by atoms with Crippen LogP contribution in [0, 0.1) is 0 Å². The zero-order chi connectivity index (χ0) is 16.1. The molecule has 0 amide bonds. The standard InChI is InChI=1S/C17H17BrN4O/c18-12-6-8-13(9-7-12)20-17-21-15-5-2-1-4-14(15)16(22-17)19-10-3-11-23/h1-2,4-9,23H,3,10-11H2,(H2,19,20,21,22). The molecule has 0 bridgehead atoms. The third kappa shape index (κ3) is 3.97. The van der Waals surface area contributed by atoms with Crippen molar-refractivity contribution in [2.45, 2.75) is 6.42 Å². The van der Waals surface area contributed by atoms with E-state index in [-0.39, 0.29) is 6.61 Å². The molecule has 3 N–H and O–H groups in total. The fourth-order valence-corrected chi connectivity index (χ4v) is 2.48. The van der Waals surface area contributed by atoms with Crippen LogP contribution in [0.2, 0.25) is 0 Å². The van der Waals surface area contributed by atoms with Crippen molar-refractivity contribution in [2.24, 2.45) is 0 Å². The van der Waals surface area contributed by atoms with E-state index in [1.54, 1.807) is 0 Å². The van der Waals surface area contributed by atoms with E-state index >= 15 is 0 Å². The molecule has 0 unspecified atom stereocenters. The second kappa shape index (κ2) is 7.39. The Morgan fingerprint density at radius 2 is 1.78 bits per heavy atom. The van der Waals surface area contributed by atoms with Gasteiger partial charge < -0.3 is 15.7 Å². The molecule has 3 rings (SSSR count).